The number of aromatic nitrogens is 2. The summed E-state index contributed by atoms with van der Waals surface area (Å²) < 4.78 is 1.85. The molecule has 0 atom stereocenters. The quantitative estimate of drug-likeness (QED) is 0.434. The van der Waals surface area contributed by atoms with E-state index >= 15 is 0 Å². The standard InChI is InChI=1S/C24H30N4O4S/c1-27(17-7-3-2-4-8-17)23(32)16-11-12-19-18(15-16)25-24(28(19)13-5-10-21(29)30)26-22(31)20-9-6-14-33-20/h6,9,11-12,14-15,17,21,29-30H,2-5,7-8,10,13H2,1H3,(H,25,26,31). The second kappa shape index (κ2) is 10.5. The average Bonchev–Trinajstić information content (AvgIpc) is 3.47. The molecule has 0 radical (unpaired) electrons. The minimum Gasteiger partial charge on any atom is -0.368 e. The molecule has 3 aromatic rings. The summed E-state index contributed by atoms with van der Waals surface area (Å²) in [5, 5.41) is 23.1. The van der Waals surface area contributed by atoms with E-state index in [-0.39, 0.29) is 24.3 Å². The Morgan fingerprint density at radius 1 is 1.24 bits per heavy atom. The third-order valence-corrected chi connectivity index (χ3v) is 7.12. The maximum absolute atomic E-state index is 13.1. The Morgan fingerprint density at radius 2 is 2.03 bits per heavy atom. The number of carbonyl (C=O) groups excluding carboxylic acids is 2. The molecule has 0 bridgehead atoms. The summed E-state index contributed by atoms with van der Waals surface area (Å²) in [5.41, 5.74) is 1.96. The van der Waals surface area contributed by atoms with Gasteiger partial charge in [-0.25, -0.2) is 4.98 Å². The van der Waals surface area contributed by atoms with Crippen molar-refractivity contribution in [1.82, 2.24) is 14.5 Å². The second-order valence-corrected chi connectivity index (χ2v) is 9.50. The number of amides is 2. The molecule has 4 rings (SSSR count). The van der Waals surface area contributed by atoms with Gasteiger partial charge in [-0.1, -0.05) is 25.3 Å². The van der Waals surface area contributed by atoms with Gasteiger partial charge in [0.15, 0.2) is 6.29 Å². The SMILES string of the molecule is CN(C(=O)c1ccc2c(c1)nc(NC(=O)c1cccs1)n2CCCC(O)O)C1CCCCC1. The van der Waals surface area contributed by atoms with Crippen molar-refractivity contribution in [1.29, 1.82) is 0 Å². The molecule has 0 aliphatic heterocycles. The van der Waals surface area contributed by atoms with Crippen LogP contribution in [0, 0.1) is 0 Å². The minimum absolute atomic E-state index is 0.0223. The number of benzene rings is 1. The lowest BCUT2D eigenvalue weighted by atomic mass is 9.94. The van der Waals surface area contributed by atoms with Gasteiger partial charge in [0, 0.05) is 25.2 Å². The van der Waals surface area contributed by atoms with Crippen LogP contribution in [-0.2, 0) is 6.54 Å². The van der Waals surface area contributed by atoms with Gasteiger partial charge in [-0.05, 0) is 55.3 Å². The number of anilines is 1. The number of fused-ring (bicyclic) bond motifs is 1. The average molecular weight is 471 g/mol. The van der Waals surface area contributed by atoms with Gasteiger partial charge in [0.1, 0.15) is 0 Å². The van der Waals surface area contributed by atoms with Crippen LogP contribution in [-0.4, -0.2) is 55.9 Å². The van der Waals surface area contributed by atoms with E-state index in [9.17, 15) is 19.8 Å². The van der Waals surface area contributed by atoms with E-state index < -0.39 is 6.29 Å². The Kier molecular flexibility index (Phi) is 7.42. The molecule has 2 aromatic heterocycles. The zero-order chi connectivity index (χ0) is 23.4. The van der Waals surface area contributed by atoms with Crippen molar-refractivity contribution in [3.05, 3.63) is 46.2 Å². The van der Waals surface area contributed by atoms with Gasteiger partial charge in [0.2, 0.25) is 5.95 Å². The van der Waals surface area contributed by atoms with Crippen molar-refractivity contribution < 1.29 is 19.8 Å². The molecule has 33 heavy (non-hydrogen) atoms. The molecule has 2 amide bonds. The Hall–Kier alpha value is -2.75. The Morgan fingerprint density at radius 3 is 2.73 bits per heavy atom. The number of nitrogens with zero attached hydrogens (tertiary/aromatic N) is 3. The summed E-state index contributed by atoms with van der Waals surface area (Å²) in [5.74, 6) is 0.101. The van der Waals surface area contributed by atoms with E-state index in [0.29, 0.717) is 34.9 Å². The number of hydrogen-bond acceptors (Lipinski definition) is 6. The van der Waals surface area contributed by atoms with Crippen molar-refractivity contribution in [2.45, 2.75) is 63.8 Å². The van der Waals surface area contributed by atoms with Gasteiger partial charge in [-0.3, -0.25) is 14.9 Å². The highest BCUT2D eigenvalue weighted by Crippen LogP contribution is 2.26. The van der Waals surface area contributed by atoms with E-state index in [4.69, 9.17) is 0 Å². The fraction of sp³-hybridized carbons (Fsp3) is 0.458. The predicted molar refractivity (Wildman–Crippen MR) is 128 cm³/mol. The Balaban J connectivity index is 1.61. The van der Waals surface area contributed by atoms with Gasteiger partial charge in [-0.15, -0.1) is 11.3 Å². The topological polar surface area (TPSA) is 108 Å². The Bertz CT molecular complexity index is 1100. The summed E-state index contributed by atoms with van der Waals surface area (Å²) in [6.07, 6.45) is 4.93. The first-order valence-electron chi connectivity index (χ1n) is 11.4. The van der Waals surface area contributed by atoms with Gasteiger partial charge in [0.05, 0.1) is 15.9 Å². The summed E-state index contributed by atoms with van der Waals surface area (Å²) in [6, 6.07) is 9.24. The number of rotatable bonds is 8. The number of hydrogen-bond donors (Lipinski definition) is 3. The van der Waals surface area contributed by atoms with Gasteiger partial charge >= 0.3 is 0 Å². The first-order chi connectivity index (χ1) is 15.9. The predicted octanol–water partition coefficient (Wildman–Crippen LogP) is 3.85. The number of aliphatic hydroxyl groups excluding tert-OH is 1. The highest BCUT2D eigenvalue weighted by molar-refractivity contribution is 7.12. The van der Waals surface area contributed by atoms with E-state index in [0.717, 1.165) is 31.2 Å². The lowest BCUT2D eigenvalue weighted by molar-refractivity contribution is -0.0468. The molecule has 176 valence electrons. The van der Waals surface area contributed by atoms with Crippen molar-refractivity contribution in [2.75, 3.05) is 12.4 Å². The smallest absolute Gasteiger partial charge is 0.268 e. The summed E-state index contributed by atoms with van der Waals surface area (Å²) in [4.78, 5) is 32.8. The fourth-order valence-corrected chi connectivity index (χ4v) is 5.04. The van der Waals surface area contributed by atoms with E-state index in [1.807, 2.05) is 34.0 Å². The lowest BCUT2D eigenvalue weighted by Gasteiger charge is -2.31. The fourth-order valence-electron chi connectivity index (χ4n) is 4.43. The van der Waals surface area contributed by atoms with Gasteiger partial charge in [0.25, 0.3) is 11.8 Å². The van der Waals surface area contributed by atoms with Crippen molar-refractivity contribution in [3.63, 3.8) is 0 Å². The zero-order valence-corrected chi connectivity index (χ0v) is 19.6. The van der Waals surface area contributed by atoms with Crippen LogP contribution in [0.1, 0.15) is 65.0 Å². The maximum atomic E-state index is 13.1. The van der Waals surface area contributed by atoms with Crippen LogP contribution >= 0.6 is 11.3 Å². The highest BCUT2D eigenvalue weighted by atomic mass is 32.1. The number of thiophene rings is 1. The second-order valence-electron chi connectivity index (χ2n) is 8.55. The number of imidazole rings is 1. The summed E-state index contributed by atoms with van der Waals surface area (Å²) in [7, 11) is 1.87. The third-order valence-electron chi connectivity index (χ3n) is 6.25. The molecule has 8 nitrogen and oxygen atoms in total. The minimum atomic E-state index is -1.39. The summed E-state index contributed by atoms with van der Waals surface area (Å²) in [6.45, 7) is 0.448. The highest BCUT2D eigenvalue weighted by Gasteiger charge is 2.24. The molecule has 1 aliphatic carbocycles. The molecule has 0 saturated heterocycles. The first-order valence-corrected chi connectivity index (χ1v) is 12.3. The van der Waals surface area contributed by atoms with Crippen LogP contribution in [0.5, 0.6) is 0 Å². The molecular weight excluding hydrogens is 440 g/mol. The van der Waals surface area contributed by atoms with Crippen LogP contribution in [0.3, 0.4) is 0 Å². The molecule has 1 aromatic carbocycles. The number of aryl methyl sites for hydroxylation is 1. The van der Waals surface area contributed by atoms with Crippen molar-refractivity contribution >= 4 is 40.1 Å². The molecule has 1 saturated carbocycles. The van der Waals surface area contributed by atoms with Crippen molar-refractivity contribution in [2.24, 2.45) is 0 Å². The first kappa shape index (κ1) is 23.4. The van der Waals surface area contributed by atoms with Gasteiger partial charge in [-0.2, -0.15) is 0 Å². The normalized spacial score (nSPS) is 14.7. The molecule has 1 aliphatic rings. The number of nitrogens with one attached hydrogen (secondary N) is 1. The molecular formula is C24H30N4O4S. The summed E-state index contributed by atoms with van der Waals surface area (Å²) >= 11 is 1.34. The maximum Gasteiger partial charge on any atom is 0.268 e. The molecule has 9 heteroatoms. The molecule has 3 N–H and O–H groups in total. The van der Waals surface area contributed by atoms with Crippen LogP contribution in [0.25, 0.3) is 11.0 Å². The van der Waals surface area contributed by atoms with E-state index in [2.05, 4.69) is 10.3 Å². The monoisotopic (exact) mass is 470 g/mol. The largest absolute Gasteiger partial charge is 0.368 e. The van der Waals surface area contributed by atoms with E-state index in [1.54, 1.807) is 18.2 Å². The van der Waals surface area contributed by atoms with Crippen molar-refractivity contribution in [3.8, 4) is 0 Å². The molecule has 2 heterocycles. The molecule has 1 fully saturated rings. The van der Waals surface area contributed by atoms with Crippen LogP contribution < -0.4 is 5.32 Å². The van der Waals surface area contributed by atoms with Crippen LogP contribution in [0.2, 0.25) is 0 Å². The Labute approximate surface area is 196 Å². The lowest BCUT2D eigenvalue weighted by Crippen LogP contribution is -2.38. The van der Waals surface area contributed by atoms with Crippen LogP contribution in [0.4, 0.5) is 5.95 Å². The van der Waals surface area contributed by atoms with E-state index in [1.165, 1.54) is 17.8 Å². The third kappa shape index (κ3) is 5.43. The molecule has 0 unspecified atom stereocenters. The van der Waals surface area contributed by atoms with Crippen LogP contribution in [0.15, 0.2) is 35.7 Å². The van der Waals surface area contributed by atoms with Gasteiger partial charge < -0.3 is 19.7 Å². The number of carbonyl (C=O) groups is 2. The molecule has 0 spiro atoms. The number of aliphatic hydroxyl groups is 2. The zero-order valence-electron chi connectivity index (χ0n) is 18.7.